The Kier molecular flexibility index (Phi) is 4.77. The molecule has 0 aliphatic heterocycles. The third-order valence-corrected chi connectivity index (χ3v) is 4.44. The Morgan fingerprint density at radius 2 is 2.25 bits per heavy atom. The molecule has 0 bridgehead atoms. The molecule has 0 saturated carbocycles. The fraction of sp³-hybridized carbons (Fsp3) is 0.286. The van der Waals surface area contributed by atoms with Crippen LogP contribution in [0.3, 0.4) is 0 Å². The van der Waals surface area contributed by atoms with E-state index in [0.717, 1.165) is 9.77 Å². The largest absolute Gasteiger partial charge is 0.461 e. The van der Waals surface area contributed by atoms with E-state index in [-0.39, 0.29) is 11.5 Å². The molecule has 20 heavy (non-hydrogen) atoms. The van der Waals surface area contributed by atoms with Gasteiger partial charge < -0.3 is 4.74 Å². The second-order valence-corrected chi connectivity index (χ2v) is 6.01. The minimum atomic E-state index is -0.463. The van der Waals surface area contributed by atoms with Crippen molar-refractivity contribution in [2.24, 2.45) is 0 Å². The van der Waals surface area contributed by atoms with E-state index in [1.54, 1.807) is 19.9 Å². The SMILES string of the molecule is CCOC(=O)c1nc(-c2c(F)cccc2SC)sc1C. The van der Waals surface area contributed by atoms with Crippen LogP contribution >= 0.6 is 23.1 Å². The van der Waals surface area contributed by atoms with Crippen molar-refractivity contribution in [3.05, 3.63) is 34.6 Å². The molecule has 0 spiro atoms. The zero-order valence-electron chi connectivity index (χ0n) is 11.4. The van der Waals surface area contributed by atoms with Gasteiger partial charge in [-0.25, -0.2) is 14.2 Å². The van der Waals surface area contributed by atoms with Gasteiger partial charge in [0, 0.05) is 9.77 Å². The normalized spacial score (nSPS) is 10.6. The number of aryl methyl sites for hydroxylation is 1. The predicted molar refractivity (Wildman–Crippen MR) is 80.0 cm³/mol. The van der Waals surface area contributed by atoms with Crippen molar-refractivity contribution < 1.29 is 13.9 Å². The van der Waals surface area contributed by atoms with Crippen LogP contribution in [0.15, 0.2) is 23.1 Å². The van der Waals surface area contributed by atoms with Crippen molar-refractivity contribution in [1.29, 1.82) is 0 Å². The summed E-state index contributed by atoms with van der Waals surface area (Å²) < 4.78 is 19.0. The quantitative estimate of drug-likeness (QED) is 0.628. The maximum atomic E-state index is 14.1. The Labute approximate surface area is 125 Å². The first kappa shape index (κ1) is 15.0. The van der Waals surface area contributed by atoms with Gasteiger partial charge in [-0.2, -0.15) is 0 Å². The van der Waals surface area contributed by atoms with Crippen LogP contribution in [-0.4, -0.2) is 23.8 Å². The number of ether oxygens (including phenoxy) is 1. The van der Waals surface area contributed by atoms with E-state index in [2.05, 4.69) is 4.98 Å². The van der Waals surface area contributed by atoms with Gasteiger partial charge in [0.1, 0.15) is 10.8 Å². The van der Waals surface area contributed by atoms with Crippen molar-refractivity contribution in [2.75, 3.05) is 12.9 Å². The summed E-state index contributed by atoms with van der Waals surface area (Å²) in [5, 5.41) is 0.507. The number of benzene rings is 1. The summed E-state index contributed by atoms with van der Waals surface area (Å²) in [4.78, 5) is 17.6. The maximum absolute atomic E-state index is 14.1. The second-order valence-electron chi connectivity index (χ2n) is 3.96. The number of carbonyl (C=O) groups is 1. The second kappa shape index (κ2) is 6.37. The van der Waals surface area contributed by atoms with E-state index in [9.17, 15) is 9.18 Å². The highest BCUT2D eigenvalue weighted by Gasteiger charge is 2.20. The van der Waals surface area contributed by atoms with Crippen LogP contribution in [0.2, 0.25) is 0 Å². The summed E-state index contributed by atoms with van der Waals surface area (Å²) >= 11 is 2.75. The minimum Gasteiger partial charge on any atom is -0.461 e. The van der Waals surface area contributed by atoms with Crippen LogP contribution < -0.4 is 0 Å². The summed E-state index contributed by atoms with van der Waals surface area (Å²) in [7, 11) is 0. The first-order valence-corrected chi connectivity index (χ1v) is 8.10. The number of aromatic nitrogens is 1. The number of hydrogen-bond acceptors (Lipinski definition) is 5. The minimum absolute atomic E-state index is 0.266. The molecule has 106 valence electrons. The topological polar surface area (TPSA) is 39.2 Å². The zero-order chi connectivity index (χ0) is 14.7. The molecule has 1 heterocycles. The molecule has 0 unspecified atom stereocenters. The smallest absolute Gasteiger partial charge is 0.358 e. The number of esters is 1. The average molecular weight is 311 g/mol. The van der Waals surface area contributed by atoms with E-state index >= 15 is 0 Å². The molecule has 3 nitrogen and oxygen atoms in total. The lowest BCUT2D eigenvalue weighted by atomic mass is 10.2. The number of rotatable bonds is 4. The summed E-state index contributed by atoms with van der Waals surface area (Å²) in [5.74, 6) is -0.796. The van der Waals surface area contributed by atoms with Gasteiger partial charge in [0.2, 0.25) is 0 Å². The molecule has 6 heteroatoms. The van der Waals surface area contributed by atoms with Gasteiger partial charge in [-0.1, -0.05) is 6.07 Å². The number of halogens is 1. The molecule has 0 amide bonds. The molecular formula is C14H14FNO2S2. The van der Waals surface area contributed by atoms with Gasteiger partial charge in [-0.05, 0) is 32.2 Å². The molecule has 0 aliphatic rings. The predicted octanol–water partition coefficient (Wildman–Crippen LogP) is 4.16. The van der Waals surface area contributed by atoms with Gasteiger partial charge in [-0.15, -0.1) is 23.1 Å². The summed E-state index contributed by atoms with van der Waals surface area (Å²) in [6, 6.07) is 4.90. The molecule has 2 rings (SSSR count). The molecule has 0 atom stereocenters. The van der Waals surface area contributed by atoms with Crippen molar-refractivity contribution >= 4 is 29.1 Å². The number of hydrogen-bond donors (Lipinski definition) is 0. The third-order valence-electron chi connectivity index (χ3n) is 2.67. The van der Waals surface area contributed by atoms with Gasteiger partial charge in [0.05, 0.1) is 12.2 Å². The lowest BCUT2D eigenvalue weighted by Gasteiger charge is -2.05. The molecule has 2 aromatic rings. The Morgan fingerprint density at radius 1 is 1.50 bits per heavy atom. The number of thiazole rings is 1. The fourth-order valence-electron chi connectivity index (χ4n) is 1.77. The average Bonchev–Trinajstić information content (AvgIpc) is 2.80. The Morgan fingerprint density at radius 3 is 2.90 bits per heavy atom. The highest BCUT2D eigenvalue weighted by atomic mass is 32.2. The molecule has 0 saturated heterocycles. The molecule has 1 aromatic heterocycles. The Hall–Kier alpha value is -1.40. The first-order valence-electron chi connectivity index (χ1n) is 6.05. The lowest BCUT2D eigenvalue weighted by Crippen LogP contribution is -2.06. The molecule has 0 N–H and O–H groups in total. The molecule has 0 fully saturated rings. The number of thioether (sulfide) groups is 1. The molecular weight excluding hydrogens is 297 g/mol. The highest BCUT2D eigenvalue weighted by Crippen LogP contribution is 2.36. The standard InChI is InChI=1S/C14H14FNO2S2/c1-4-18-14(17)12-8(2)20-13(16-12)11-9(15)6-5-7-10(11)19-3/h5-7H,4H2,1-3H3. The van der Waals surface area contributed by atoms with Gasteiger partial charge in [0.15, 0.2) is 5.69 Å². The summed E-state index contributed by atoms with van der Waals surface area (Å²) in [6.45, 7) is 3.82. The molecule has 1 aromatic carbocycles. The Balaban J connectivity index is 2.50. The van der Waals surface area contributed by atoms with E-state index in [4.69, 9.17) is 4.74 Å². The Bertz CT molecular complexity index is 640. The van der Waals surface area contributed by atoms with Gasteiger partial charge in [0.25, 0.3) is 0 Å². The number of carbonyl (C=O) groups excluding carboxylic acids is 1. The van der Waals surface area contributed by atoms with Crippen molar-refractivity contribution in [3.63, 3.8) is 0 Å². The van der Waals surface area contributed by atoms with Crippen LogP contribution in [0.25, 0.3) is 10.6 Å². The van der Waals surface area contributed by atoms with Crippen LogP contribution in [0, 0.1) is 12.7 Å². The fourth-order valence-corrected chi connectivity index (χ4v) is 3.41. The van der Waals surface area contributed by atoms with Crippen molar-refractivity contribution in [2.45, 2.75) is 18.7 Å². The molecule has 0 aliphatic carbocycles. The van der Waals surface area contributed by atoms with Crippen LogP contribution in [0.5, 0.6) is 0 Å². The monoisotopic (exact) mass is 311 g/mol. The van der Waals surface area contributed by atoms with Crippen LogP contribution in [-0.2, 0) is 4.74 Å². The maximum Gasteiger partial charge on any atom is 0.358 e. The third kappa shape index (κ3) is 2.86. The van der Waals surface area contributed by atoms with E-state index in [1.807, 2.05) is 12.3 Å². The van der Waals surface area contributed by atoms with Crippen molar-refractivity contribution in [1.82, 2.24) is 4.98 Å². The zero-order valence-corrected chi connectivity index (χ0v) is 13.0. The van der Waals surface area contributed by atoms with Crippen molar-refractivity contribution in [3.8, 4) is 10.6 Å². The van der Waals surface area contributed by atoms with E-state index in [0.29, 0.717) is 17.2 Å². The van der Waals surface area contributed by atoms with Gasteiger partial charge in [-0.3, -0.25) is 0 Å². The van der Waals surface area contributed by atoms with E-state index < -0.39 is 5.97 Å². The number of nitrogens with zero attached hydrogens (tertiary/aromatic N) is 1. The summed E-state index contributed by atoms with van der Waals surface area (Å²) in [5.41, 5.74) is 0.714. The van der Waals surface area contributed by atoms with E-state index in [1.165, 1.54) is 29.2 Å². The highest BCUT2D eigenvalue weighted by molar-refractivity contribution is 7.98. The van der Waals surface area contributed by atoms with Crippen LogP contribution in [0.1, 0.15) is 22.3 Å². The first-order chi connectivity index (χ1) is 9.58. The summed E-state index contributed by atoms with van der Waals surface area (Å²) in [6.07, 6.45) is 1.88. The lowest BCUT2D eigenvalue weighted by molar-refractivity contribution is 0.0519. The van der Waals surface area contributed by atoms with Crippen LogP contribution in [0.4, 0.5) is 4.39 Å². The molecule has 0 radical (unpaired) electrons. The van der Waals surface area contributed by atoms with Gasteiger partial charge >= 0.3 is 5.97 Å².